The van der Waals surface area contributed by atoms with Crippen LogP contribution in [0, 0.1) is 5.82 Å². The zero-order valence-corrected chi connectivity index (χ0v) is 23.2. The topological polar surface area (TPSA) is 73.5 Å². The first kappa shape index (κ1) is 27.8. The van der Waals surface area contributed by atoms with Gasteiger partial charge < -0.3 is 20.9 Å². The molecule has 0 aliphatic carbocycles. The fourth-order valence-corrected chi connectivity index (χ4v) is 4.95. The lowest BCUT2D eigenvalue weighted by Crippen LogP contribution is -2.27. The fourth-order valence-electron chi connectivity index (χ4n) is 4.95. The molecule has 0 atom stereocenters. The van der Waals surface area contributed by atoms with E-state index in [0.717, 1.165) is 28.9 Å². The predicted octanol–water partition coefficient (Wildman–Crippen LogP) is 5.72. The minimum atomic E-state index is -0.410. The van der Waals surface area contributed by atoms with Crippen LogP contribution in [-0.4, -0.2) is 37.4 Å². The van der Waals surface area contributed by atoms with E-state index in [1.807, 2.05) is 80.8 Å². The summed E-state index contributed by atoms with van der Waals surface area (Å²) in [4.78, 5) is 27.7. The molecule has 0 aromatic heterocycles. The maximum absolute atomic E-state index is 13.9. The van der Waals surface area contributed by atoms with Gasteiger partial charge in [-0.15, -0.1) is 0 Å². The van der Waals surface area contributed by atoms with Gasteiger partial charge in [0.2, 0.25) is 5.91 Å². The van der Waals surface area contributed by atoms with Gasteiger partial charge in [-0.2, -0.15) is 0 Å². The number of rotatable bonds is 10. The molecule has 41 heavy (non-hydrogen) atoms. The van der Waals surface area contributed by atoms with Gasteiger partial charge in [0.05, 0.1) is 23.4 Å². The number of nitrogens with one attached hydrogen (secondary N) is 3. The number of benzene rings is 4. The number of anilines is 2. The number of amides is 2. The molecule has 0 unspecified atom stereocenters. The summed E-state index contributed by atoms with van der Waals surface area (Å²) in [6.45, 7) is 1.31. The van der Waals surface area contributed by atoms with Gasteiger partial charge in [0.25, 0.3) is 5.91 Å². The average Bonchev–Trinajstić information content (AvgIpc) is 3.27. The van der Waals surface area contributed by atoms with Crippen LogP contribution in [0.15, 0.2) is 97.1 Å². The van der Waals surface area contributed by atoms with Crippen molar-refractivity contribution in [2.45, 2.75) is 19.4 Å². The molecule has 1 heterocycles. The van der Waals surface area contributed by atoms with Crippen LogP contribution in [0.25, 0.3) is 11.3 Å². The zero-order valence-electron chi connectivity index (χ0n) is 23.2. The van der Waals surface area contributed by atoms with Gasteiger partial charge in [-0.3, -0.25) is 9.59 Å². The maximum Gasteiger partial charge on any atom is 0.258 e. The number of hydrogen-bond acceptors (Lipinski definition) is 4. The van der Waals surface area contributed by atoms with Crippen LogP contribution in [0.4, 0.5) is 15.8 Å². The first-order chi connectivity index (χ1) is 19.9. The summed E-state index contributed by atoms with van der Waals surface area (Å²) >= 11 is 0. The van der Waals surface area contributed by atoms with Crippen LogP contribution >= 0.6 is 0 Å². The van der Waals surface area contributed by atoms with E-state index < -0.39 is 5.82 Å². The fraction of sp³-hybridized carbons (Fsp3) is 0.176. The highest BCUT2D eigenvalue weighted by Gasteiger charge is 2.29. The Labute approximate surface area is 239 Å². The summed E-state index contributed by atoms with van der Waals surface area (Å²) < 4.78 is 13.9. The molecule has 2 amide bonds. The summed E-state index contributed by atoms with van der Waals surface area (Å²) in [6, 6.07) is 30.0. The van der Waals surface area contributed by atoms with Gasteiger partial charge in [-0.1, -0.05) is 60.7 Å². The van der Waals surface area contributed by atoms with E-state index >= 15 is 0 Å². The van der Waals surface area contributed by atoms with E-state index in [1.165, 1.54) is 17.7 Å². The summed E-state index contributed by atoms with van der Waals surface area (Å²) in [5.74, 6) is -0.732. The third-order valence-corrected chi connectivity index (χ3v) is 6.86. The second-order valence-electron chi connectivity index (χ2n) is 10.4. The number of fused-ring (bicyclic) bond motifs is 1. The smallest absolute Gasteiger partial charge is 0.258 e. The lowest BCUT2D eigenvalue weighted by molar-refractivity contribution is -0.120. The number of halogens is 1. The molecule has 1 aliphatic heterocycles. The Kier molecular flexibility index (Phi) is 8.56. The summed E-state index contributed by atoms with van der Waals surface area (Å²) in [5.41, 5.74) is 6.97. The van der Waals surface area contributed by atoms with Crippen molar-refractivity contribution < 1.29 is 14.0 Å². The molecule has 0 saturated carbocycles. The van der Waals surface area contributed by atoms with Crippen molar-refractivity contribution in [2.24, 2.45) is 0 Å². The first-order valence-corrected chi connectivity index (χ1v) is 13.6. The predicted molar refractivity (Wildman–Crippen MR) is 163 cm³/mol. The number of nitrogens with zero attached hydrogens (tertiary/aromatic N) is 1. The van der Waals surface area contributed by atoms with E-state index in [-0.39, 0.29) is 11.8 Å². The third kappa shape index (κ3) is 7.07. The number of carbonyl (C=O) groups excluding carboxylic acids is 2. The Morgan fingerprint density at radius 3 is 2.37 bits per heavy atom. The molecule has 4 aromatic carbocycles. The quantitative estimate of drug-likeness (QED) is 0.222. The van der Waals surface area contributed by atoms with E-state index in [1.54, 1.807) is 6.07 Å². The lowest BCUT2D eigenvalue weighted by atomic mass is 9.98. The van der Waals surface area contributed by atoms with E-state index in [0.29, 0.717) is 41.9 Å². The molecule has 0 saturated heterocycles. The molecule has 0 spiro atoms. The summed E-state index contributed by atoms with van der Waals surface area (Å²) in [5, 5.41) is 9.28. The van der Waals surface area contributed by atoms with Crippen LogP contribution in [0.5, 0.6) is 0 Å². The SMILES string of the molecule is CN(C)Cc1ccc(NC(=C2C(=O)Nc3cc(F)ccc32)c2cccc(CCNC(=O)Cc3ccccc3)c2)cc1. The minimum Gasteiger partial charge on any atom is -0.355 e. The normalized spacial score (nSPS) is 13.5. The van der Waals surface area contributed by atoms with Crippen LogP contribution in [0.1, 0.15) is 27.8 Å². The van der Waals surface area contributed by atoms with Gasteiger partial charge >= 0.3 is 0 Å². The van der Waals surface area contributed by atoms with Crippen molar-refractivity contribution in [1.29, 1.82) is 0 Å². The Balaban J connectivity index is 1.40. The van der Waals surface area contributed by atoms with E-state index in [4.69, 9.17) is 0 Å². The van der Waals surface area contributed by atoms with Crippen molar-refractivity contribution in [3.05, 3.63) is 131 Å². The largest absolute Gasteiger partial charge is 0.355 e. The van der Waals surface area contributed by atoms with Gasteiger partial charge in [0.15, 0.2) is 0 Å². The summed E-state index contributed by atoms with van der Waals surface area (Å²) in [7, 11) is 4.05. The standard InChI is InChI=1S/C34H33FN4O2/c1-39(2)22-25-11-14-28(15-12-25)37-33(32-29-16-13-27(35)21-30(29)38-34(32)41)26-10-6-9-24(19-26)17-18-36-31(40)20-23-7-4-3-5-8-23/h3-16,19,21,37H,17-18,20,22H2,1-2H3,(H,36,40)(H,38,41). The Bertz CT molecular complexity index is 1580. The molecule has 0 fully saturated rings. The minimum absolute atomic E-state index is 0.0268. The molecule has 3 N–H and O–H groups in total. The highest BCUT2D eigenvalue weighted by molar-refractivity contribution is 6.37. The van der Waals surface area contributed by atoms with Crippen molar-refractivity contribution in [1.82, 2.24) is 10.2 Å². The third-order valence-electron chi connectivity index (χ3n) is 6.86. The van der Waals surface area contributed by atoms with Gasteiger partial charge in [0, 0.05) is 24.3 Å². The average molecular weight is 549 g/mol. The molecular weight excluding hydrogens is 515 g/mol. The van der Waals surface area contributed by atoms with Crippen LogP contribution in [0.3, 0.4) is 0 Å². The van der Waals surface area contributed by atoms with Crippen LogP contribution in [-0.2, 0) is 29.0 Å². The van der Waals surface area contributed by atoms with Gasteiger partial charge in [-0.05, 0) is 79.2 Å². The molecule has 1 aliphatic rings. The molecule has 0 radical (unpaired) electrons. The number of hydrogen-bond donors (Lipinski definition) is 3. The Hall–Kier alpha value is -4.75. The first-order valence-electron chi connectivity index (χ1n) is 13.6. The zero-order chi connectivity index (χ0) is 28.8. The lowest BCUT2D eigenvalue weighted by Gasteiger charge is -2.17. The second kappa shape index (κ2) is 12.6. The number of carbonyl (C=O) groups is 2. The second-order valence-corrected chi connectivity index (χ2v) is 10.4. The highest BCUT2D eigenvalue weighted by Crippen LogP contribution is 2.38. The van der Waals surface area contributed by atoms with E-state index in [2.05, 4.69) is 33.0 Å². The van der Waals surface area contributed by atoms with Crippen molar-refractivity contribution >= 4 is 34.5 Å². The molecule has 4 aromatic rings. The Morgan fingerprint density at radius 2 is 1.61 bits per heavy atom. The van der Waals surface area contributed by atoms with Crippen molar-refractivity contribution in [2.75, 3.05) is 31.3 Å². The molecule has 0 bridgehead atoms. The molecule has 7 heteroatoms. The monoisotopic (exact) mass is 548 g/mol. The Morgan fingerprint density at radius 1 is 0.854 bits per heavy atom. The molecule has 6 nitrogen and oxygen atoms in total. The van der Waals surface area contributed by atoms with Crippen molar-refractivity contribution in [3.63, 3.8) is 0 Å². The van der Waals surface area contributed by atoms with Gasteiger partial charge in [0.1, 0.15) is 5.82 Å². The summed E-state index contributed by atoms with van der Waals surface area (Å²) in [6.07, 6.45) is 0.966. The van der Waals surface area contributed by atoms with Gasteiger partial charge in [-0.25, -0.2) is 4.39 Å². The van der Waals surface area contributed by atoms with E-state index in [9.17, 15) is 14.0 Å². The highest BCUT2D eigenvalue weighted by atomic mass is 19.1. The molecule has 5 rings (SSSR count). The van der Waals surface area contributed by atoms with Crippen molar-refractivity contribution in [3.8, 4) is 0 Å². The van der Waals surface area contributed by atoms with Crippen LogP contribution in [0.2, 0.25) is 0 Å². The van der Waals surface area contributed by atoms with Crippen LogP contribution < -0.4 is 16.0 Å². The molecular formula is C34H33FN4O2. The maximum atomic E-state index is 13.9. The molecule has 208 valence electrons.